The van der Waals surface area contributed by atoms with E-state index in [0.29, 0.717) is 19.0 Å². The third kappa shape index (κ3) is 5.16. The molecular weight excluding hydrogens is 485 g/mol. The summed E-state index contributed by atoms with van der Waals surface area (Å²) >= 11 is 3.02. The first-order chi connectivity index (χ1) is 15.3. The number of hydrogen-bond donors (Lipinski definition) is 0. The van der Waals surface area contributed by atoms with Crippen LogP contribution in [0.5, 0.6) is 0 Å². The minimum Gasteiger partial charge on any atom is -0.207 e. The van der Waals surface area contributed by atoms with E-state index in [2.05, 4.69) is 0 Å². The summed E-state index contributed by atoms with van der Waals surface area (Å²) in [6, 6.07) is 13.3. The van der Waals surface area contributed by atoms with Crippen LogP contribution in [-0.4, -0.2) is 38.5 Å². The molecule has 0 N–H and O–H groups in total. The lowest BCUT2D eigenvalue weighted by Gasteiger charge is -2.30. The lowest BCUT2D eigenvalue weighted by molar-refractivity contribution is 0.281. The Hall–Kier alpha value is -1.56. The molecule has 32 heavy (non-hydrogen) atoms. The Morgan fingerprint density at radius 3 is 1.97 bits per heavy atom. The van der Waals surface area contributed by atoms with Crippen LogP contribution >= 0.6 is 22.7 Å². The standard InChI is InChI=1S/C22H26N2O4S4/c1-18-5-2-12-23(15-18)31(25,26)21-8-10-22(11-9-21)32(27,28)24(16-19-6-3-13-29-19)17-20-7-4-14-30-20/h3-4,6-11,13-14,18H,2,5,12,15-17H2,1H3/t18-/m1/s1. The molecular formula is C22H26N2O4S4. The number of rotatable bonds is 8. The number of sulfonamides is 2. The van der Waals surface area contributed by atoms with Gasteiger partial charge in [0.25, 0.3) is 0 Å². The zero-order chi connectivity index (χ0) is 22.8. The van der Waals surface area contributed by atoms with Crippen LogP contribution in [0.15, 0.2) is 69.1 Å². The Labute approximate surface area is 198 Å². The molecule has 3 heterocycles. The summed E-state index contributed by atoms with van der Waals surface area (Å²) < 4.78 is 55.9. The van der Waals surface area contributed by atoms with Gasteiger partial charge in [0.15, 0.2) is 0 Å². The Kier molecular flexibility index (Phi) is 7.18. The fourth-order valence-electron chi connectivity index (χ4n) is 3.82. The first-order valence-electron chi connectivity index (χ1n) is 10.4. The zero-order valence-corrected chi connectivity index (χ0v) is 21.0. The molecule has 0 unspecified atom stereocenters. The summed E-state index contributed by atoms with van der Waals surface area (Å²) in [7, 11) is -7.44. The summed E-state index contributed by atoms with van der Waals surface area (Å²) in [5, 5.41) is 3.85. The molecule has 10 heteroatoms. The minimum atomic E-state index is -3.81. The molecule has 1 aliphatic rings. The van der Waals surface area contributed by atoms with Crippen molar-refractivity contribution < 1.29 is 16.8 Å². The van der Waals surface area contributed by atoms with Crippen LogP contribution in [-0.2, 0) is 33.1 Å². The Morgan fingerprint density at radius 2 is 1.47 bits per heavy atom. The van der Waals surface area contributed by atoms with Crippen molar-refractivity contribution in [1.82, 2.24) is 8.61 Å². The molecule has 1 saturated heterocycles. The monoisotopic (exact) mass is 510 g/mol. The van der Waals surface area contributed by atoms with Crippen molar-refractivity contribution in [3.05, 3.63) is 69.0 Å². The molecule has 4 rings (SSSR count). The van der Waals surface area contributed by atoms with E-state index in [-0.39, 0.29) is 22.9 Å². The van der Waals surface area contributed by atoms with Crippen LogP contribution in [0.25, 0.3) is 0 Å². The molecule has 6 nitrogen and oxygen atoms in total. The average Bonchev–Trinajstić information content (AvgIpc) is 3.48. The number of nitrogens with zero attached hydrogens (tertiary/aromatic N) is 2. The maximum absolute atomic E-state index is 13.5. The van der Waals surface area contributed by atoms with Crippen LogP contribution in [0, 0.1) is 5.92 Å². The Balaban J connectivity index is 1.60. The molecule has 0 amide bonds. The van der Waals surface area contributed by atoms with E-state index in [1.54, 1.807) is 0 Å². The average molecular weight is 511 g/mol. The van der Waals surface area contributed by atoms with E-state index in [4.69, 9.17) is 0 Å². The van der Waals surface area contributed by atoms with Crippen molar-refractivity contribution in [3.63, 3.8) is 0 Å². The van der Waals surface area contributed by atoms with Gasteiger partial charge in [0, 0.05) is 35.9 Å². The van der Waals surface area contributed by atoms with Crippen LogP contribution < -0.4 is 0 Å². The fourth-order valence-corrected chi connectivity index (χ4v) is 8.42. The van der Waals surface area contributed by atoms with Gasteiger partial charge in [-0.25, -0.2) is 16.8 Å². The molecule has 2 aromatic heterocycles. The highest BCUT2D eigenvalue weighted by Gasteiger charge is 2.30. The van der Waals surface area contributed by atoms with Gasteiger partial charge in [-0.05, 0) is 65.9 Å². The summed E-state index contributed by atoms with van der Waals surface area (Å²) in [6.07, 6.45) is 1.86. The zero-order valence-electron chi connectivity index (χ0n) is 17.8. The third-order valence-corrected chi connectivity index (χ3v) is 11.0. The second kappa shape index (κ2) is 9.74. The van der Waals surface area contributed by atoms with Crippen molar-refractivity contribution in [3.8, 4) is 0 Å². The lowest BCUT2D eigenvalue weighted by Crippen LogP contribution is -2.39. The van der Waals surface area contributed by atoms with E-state index in [9.17, 15) is 16.8 Å². The van der Waals surface area contributed by atoms with Gasteiger partial charge in [-0.2, -0.15) is 8.61 Å². The van der Waals surface area contributed by atoms with Gasteiger partial charge in [-0.3, -0.25) is 0 Å². The molecule has 0 saturated carbocycles. The van der Waals surface area contributed by atoms with Crippen LogP contribution in [0.4, 0.5) is 0 Å². The van der Waals surface area contributed by atoms with Crippen molar-refractivity contribution in [2.24, 2.45) is 5.92 Å². The van der Waals surface area contributed by atoms with E-state index in [0.717, 1.165) is 22.6 Å². The van der Waals surface area contributed by atoms with E-state index < -0.39 is 20.0 Å². The Bertz CT molecular complexity index is 1180. The Morgan fingerprint density at radius 1 is 0.906 bits per heavy atom. The van der Waals surface area contributed by atoms with Crippen molar-refractivity contribution >= 4 is 42.7 Å². The normalized spacial score (nSPS) is 18.2. The molecule has 1 fully saturated rings. The SMILES string of the molecule is C[C@@H]1CCCN(S(=O)(=O)c2ccc(S(=O)(=O)N(Cc3cccs3)Cc3cccs3)cc2)C1. The second-order valence-corrected chi connectivity index (χ2v) is 14.0. The molecule has 0 radical (unpaired) electrons. The van der Waals surface area contributed by atoms with Gasteiger partial charge in [0.1, 0.15) is 0 Å². The predicted octanol–water partition coefficient (Wildman–Crippen LogP) is 4.62. The van der Waals surface area contributed by atoms with Gasteiger partial charge in [0.05, 0.1) is 9.79 Å². The van der Waals surface area contributed by atoms with Crippen LogP contribution in [0.2, 0.25) is 0 Å². The first kappa shape index (κ1) is 23.6. The molecule has 0 aliphatic carbocycles. The summed E-state index contributed by atoms with van der Waals surface area (Å²) in [5.41, 5.74) is 0. The number of hydrogen-bond acceptors (Lipinski definition) is 6. The molecule has 172 valence electrons. The lowest BCUT2D eigenvalue weighted by atomic mass is 10.0. The maximum atomic E-state index is 13.5. The largest absolute Gasteiger partial charge is 0.243 e. The van der Waals surface area contributed by atoms with Crippen LogP contribution in [0.3, 0.4) is 0 Å². The quantitative estimate of drug-likeness (QED) is 0.443. The van der Waals surface area contributed by atoms with Gasteiger partial charge < -0.3 is 0 Å². The number of thiophene rings is 2. The smallest absolute Gasteiger partial charge is 0.207 e. The van der Waals surface area contributed by atoms with E-state index in [1.165, 1.54) is 55.5 Å². The topological polar surface area (TPSA) is 74.8 Å². The number of benzene rings is 1. The predicted molar refractivity (Wildman–Crippen MR) is 129 cm³/mol. The van der Waals surface area contributed by atoms with E-state index >= 15 is 0 Å². The number of piperidine rings is 1. The van der Waals surface area contributed by atoms with Crippen molar-refractivity contribution in [2.45, 2.75) is 42.6 Å². The van der Waals surface area contributed by atoms with Crippen molar-refractivity contribution in [1.29, 1.82) is 0 Å². The molecule has 1 atom stereocenters. The molecule has 3 aromatic rings. The highest BCUT2D eigenvalue weighted by atomic mass is 32.2. The minimum absolute atomic E-state index is 0.0941. The maximum Gasteiger partial charge on any atom is 0.243 e. The summed E-state index contributed by atoms with van der Waals surface area (Å²) in [4.78, 5) is 2.12. The highest BCUT2D eigenvalue weighted by Crippen LogP contribution is 2.27. The summed E-state index contributed by atoms with van der Waals surface area (Å²) in [6.45, 7) is 3.58. The van der Waals surface area contributed by atoms with Crippen LogP contribution in [0.1, 0.15) is 29.5 Å². The summed E-state index contributed by atoms with van der Waals surface area (Å²) in [5.74, 6) is 0.321. The van der Waals surface area contributed by atoms with Gasteiger partial charge in [0.2, 0.25) is 20.0 Å². The molecule has 1 aliphatic heterocycles. The van der Waals surface area contributed by atoms with Gasteiger partial charge >= 0.3 is 0 Å². The molecule has 1 aromatic carbocycles. The first-order valence-corrected chi connectivity index (χ1v) is 15.1. The highest BCUT2D eigenvalue weighted by molar-refractivity contribution is 7.89. The van der Waals surface area contributed by atoms with Crippen molar-refractivity contribution in [2.75, 3.05) is 13.1 Å². The molecule has 0 spiro atoms. The molecule has 0 bridgehead atoms. The van der Waals surface area contributed by atoms with E-state index in [1.807, 2.05) is 41.9 Å². The van der Waals surface area contributed by atoms with Gasteiger partial charge in [-0.1, -0.05) is 19.1 Å². The third-order valence-electron chi connectivity index (χ3n) is 5.54. The second-order valence-electron chi connectivity index (χ2n) is 8.01. The van der Waals surface area contributed by atoms with Gasteiger partial charge in [-0.15, -0.1) is 22.7 Å². The fraction of sp³-hybridized carbons (Fsp3) is 0.364.